The van der Waals surface area contributed by atoms with Crippen LogP contribution in [0.3, 0.4) is 0 Å². The summed E-state index contributed by atoms with van der Waals surface area (Å²) >= 11 is 0. The largest absolute Gasteiger partial charge is 0.491 e. The van der Waals surface area contributed by atoms with Crippen LogP contribution in [-0.2, 0) is 27.2 Å². The molecule has 0 aliphatic rings. The number of pyridine rings is 1. The number of benzene rings is 2. The van der Waals surface area contributed by atoms with Crippen LogP contribution in [0, 0.1) is 0 Å². The van der Waals surface area contributed by atoms with Crippen molar-refractivity contribution in [2.45, 2.75) is 19.2 Å². The SMILES string of the molecule is Cn1c(=O)n(C)c2cc([C@@H](O)COc3ccc(CNCc4ccncc4)cc3)ccc21. The second-order valence-corrected chi connectivity index (χ2v) is 7.58. The lowest BCUT2D eigenvalue weighted by Gasteiger charge is -2.14. The van der Waals surface area contributed by atoms with Gasteiger partial charge in [0.05, 0.1) is 11.0 Å². The maximum absolute atomic E-state index is 12.1. The van der Waals surface area contributed by atoms with Crippen LogP contribution in [0.5, 0.6) is 5.75 Å². The fourth-order valence-corrected chi connectivity index (χ4v) is 3.56. The highest BCUT2D eigenvalue weighted by Crippen LogP contribution is 2.21. The first kappa shape index (κ1) is 20.8. The summed E-state index contributed by atoms with van der Waals surface area (Å²) in [5.41, 5.74) is 4.58. The van der Waals surface area contributed by atoms with Crippen molar-refractivity contribution in [3.05, 3.63) is 94.2 Å². The molecule has 160 valence electrons. The molecule has 0 bridgehead atoms. The van der Waals surface area contributed by atoms with Crippen molar-refractivity contribution in [2.24, 2.45) is 14.1 Å². The van der Waals surface area contributed by atoms with Gasteiger partial charge in [-0.3, -0.25) is 14.1 Å². The molecule has 0 spiro atoms. The van der Waals surface area contributed by atoms with Crippen molar-refractivity contribution >= 4 is 11.0 Å². The van der Waals surface area contributed by atoms with Crippen LogP contribution in [0.25, 0.3) is 11.0 Å². The molecule has 0 amide bonds. The van der Waals surface area contributed by atoms with Crippen molar-refractivity contribution in [3.8, 4) is 5.75 Å². The molecule has 0 saturated heterocycles. The molecule has 4 aromatic rings. The summed E-state index contributed by atoms with van der Waals surface area (Å²) < 4.78 is 8.94. The van der Waals surface area contributed by atoms with Crippen LogP contribution >= 0.6 is 0 Å². The number of fused-ring (bicyclic) bond motifs is 1. The van der Waals surface area contributed by atoms with E-state index in [1.807, 2.05) is 54.6 Å². The number of nitrogens with zero attached hydrogens (tertiary/aromatic N) is 3. The van der Waals surface area contributed by atoms with Gasteiger partial charge in [0.25, 0.3) is 0 Å². The van der Waals surface area contributed by atoms with E-state index in [-0.39, 0.29) is 12.3 Å². The molecule has 31 heavy (non-hydrogen) atoms. The zero-order valence-corrected chi connectivity index (χ0v) is 17.7. The maximum Gasteiger partial charge on any atom is 0.328 e. The van der Waals surface area contributed by atoms with Gasteiger partial charge >= 0.3 is 5.69 Å². The lowest BCUT2D eigenvalue weighted by molar-refractivity contribution is 0.108. The molecule has 2 heterocycles. The van der Waals surface area contributed by atoms with E-state index in [1.165, 1.54) is 5.56 Å². The fourth-order valence-electron chi connectivity index (χ4n) is 3.56. The van der Waals surface area contributed by atoms with E-state index < -0.39 is 6.10 Å². The molecular weight excluding hydrogens is 392 g/mol. The number of aliphatic hydroxyl groups is 1. The standard InChI is InChI=1S/C24H26N4O3/c1-27-21-8-5-19(13-22(21)28(2)24(27)30)23(29)16-31-20-6-3-17(4-7-20)14-26-15-18-9-11-25-12-10-18/h3-13,23,26,29H,14-16H2,1-2H3/t23-/m0/s1. The predicted octanol–water partition coefficient (Wildman–Crippen LogP) is 2.67. The third-order valence-electron chi connectivity index (χ3n) is 5.42. The number of rotatable bonds is 8. The van der Waals surface area contributed by atoms with Crippen molar-refractivity contribution in [3.63, 3.8) is 0 Å². The van der Waals surface area contributed by atoms with Crippen molar-refractivity contribution in [1.82, 2.24) is 19.4 Å². The van der Waals surface area contributed by atoms with Crippen molar-refractivity contribution < 1.29 is 9.84 Å². The van der Waals surface area contributed by atoms with Gasteiger partial charge in [0.15, 0.2) is 0 Å². The minimum Gasteiger partial charge on any atom is -0.491 e. The highest BCUT2D eigenvalue weighted by atomic mass is 16.5. The predicted molar refractivity (Wildman–Crippen MR) is 120 cm³/mol. The average Bonchev–Trinajstić information content (AvgIpc) is 3.02. The van der Waals surface area contributed by atoms with Crippen LogP contribution < -0.4 is 15.7 Å². The summed E-state index contributed by atoms with van der Waals surface area (Å²) in [5, 5.41) is 14.0. The number of hydrogen-bond acceptors (Lipinski definition) is 5. The molecule has 7 nitrogen and oxygen atoms in total. The molecule has 0 fully saturated rings. The summed E-state index contributed by atoms with van der Waals surface area (Å²) in [4.78, 5) is 16.1. The zero-order chi connectivity index (χ0) is 21.8. The number of aliphatic hydroxyl groups excluding tert-OH is 1. The fraction of sp³-hybridized carbons (Fsp3) is 0.250. The van der Waals surface area contributed by atoms with Gasteiger partial charge in [-0.05, 0) is 53.1 Å². The Kier molecular flexibility index (Phi) is 6.16. The molecule has 0 saturated carbocycles. The number of ether oxygens (including phenoxy) is 1. The third-order valence-corrected chi connectivity index (χ3v) is 5.42. The van der Waals surface area contributed by atoms with E-state index in [4.69, 9.17) is 4.74 Å². The van der Waals surface area contributed by atoms with Gasteiger partial charge in [0, 0.05) is 39.6 Å². The first-order valence-corrected chi connectivity index (χ1v) is 10.2. The quantitative estimate of drug-likeness (QED) is 0.460. The molecule has 2 aromatic carbocycles. The minimum absolute atomic E-state index is 0.0896. The van der Waals surface area contributed by atoms with Gasteiger partial charge in [-0.1, -0.05) is 18.2 Å². The van der Waals surface area contributed by atoms with E-state index in [0.717, 1.165) is 29.7 Å². The number of imidazole rings is 1. The summed E-state index contributed by atoms with van der Waals surface area (Å²) in [7, 11) is 3.47. The normalized spacial score (nSPS) is 12.2. The molecule has 1 atom stereocenters. The Morgan fingerprint density at radius 3 is 2.29 bits per heavy atom. The molecule has 2 aromatic heterocycles. The van der Waals surface area contributed by atoms with Gasteiger partial charge in [-0.2, -0.15) is 0 Å². The molecule has 4 rings (SSSR count). The van der Waals surface area contributed by atoms with Crippen LogP contribution in [-0.4, -0.2) is 25.8 Å². The number of aromatic nitrogens is 3. The molecule has 0 aliphatic carbocycles. The Hall–Kier alpha value is -3.42. The monoisotopic (exact) mass is 418 g/mol. The van der Waals surface area contributed by atoms with Crippen LogP contribution in [0.15, 0.2) is 71.8 Å². The second-order valence-electron chi connectivity index (χ2n) is 7.58. The number of aryl methyl sites for hydroxylation is 2. The van der Waals surface area contributed by atoms with E-state index >= 15 is 0 Å². The maximum atomic E-state index is 12.1. The Bertz CT molecular complexity index is 1210. The first-order chi connectivity index (χ1) is 15.0. The van der Waals surface area contributed by atoms with Gasteiger partial charge in [-0.25, -0.2) is 4.79 Å². The smallest absolute Gasteiger partial charge is 0.328 e. The molecule has 2 N–H and O–H groups in total. The second kappa shape index (κ2) is 9.16. The van der Waals surface area contributed by atoms with Gasteiger partial charge in [0.1, 0.15) is 18.5 Å². The summed E-state index contributed by atoms with van der Waals surface area (Å²) in [5.74, 6) is 0.699. The first-order valence-electron chi connectivity index (χ1n) is 10.2. The van der Waals surface area contributed by atoms with E-state index in [9.17, 15) is 9.90 Å². The van der Waals surface area contributed by atoms with Crippen LogP contribution in [0.1, 0.15) is 22.8 Å². The van der Waals surface area contributed by atoms with Gasteiger partial charge < -0.3 is 15.2 Å². The Morgan fingerprint density at radius 2 is 1.58 bits per heavy atom. The van der Waals surface area contributed by atoms with E-state index in [0.29, 0.717) is 11.3 Å². The molecule has 7 heteroatoms. The molecule has 0 radical (unpaired) electrons. The highest BCUT2D eigenvalue weighted by molar-refractivity contribution is 5.76. The average molecular weight is 418 g/mol. The topological polar surface area (TPSA) is 81.3 Å². The summed E-state index contributed by atoms with van der Waals surface area (Å²) in [6.45, 7) is 1.66. The number of hydrogen-bond donors (Lipinski definition) is 2. The van der Waals surface area contributed by atoms with Crippen LogP contribution in [0.2, 0.25) is 0 Å². The molecular formula is C24H26N4O3. The van der Waals surface area contributed by atoms with Crippen molar-refractivity contribution in [2.75, 3.05) is 6.61 Å². The molecule has 0 unspecified atom stereocenters. The minimum atomic E-state index is -0.790. The Balaban J connectivity index is 1.32. The summed E-state index contributed by atoms with van der Waals surface area (Å²) in [6, 6.07) is 17.3. The lowest BCUT2D eigenvalue weighted by Crippen LogP contribution is -2.19. The van der Waals surface area contributed by atoms with Gasteiger partial charge in [0.2, 0.25) is 0 Å². The van der Waals surface area contributed by atoms with Crippen molar-refractivity contribution in [1.29, 1.82) is 0 Å². The summed E-state index contributed by atoms with van der Waals surface area (Å²) in [6.07, 6.45) is 2.79. The lowest BCUT2D eigenvalue weighted by atomic mass is 10.1. The Morgan fingerprint density at radius 1 is 0.935 bits per heavy atom. The van der Waals surface area contributed by atoms with Gasteiger partial charge in [-0.15, -0.1) is 0 Å². The van der Waals surface area contributed by atoms with E-state index in [1.54, 1.807) is 35.6 Å². The Labute approximate surface area is 180 Å². The van der Waals surface area contributed by atoms with E-state index in [2.05, 4.69) is 10.3 Å². The van der Waals surface area contributed by atoms with Crippen LogP contribution in [0.4, 0.5) is 0 Å². The molecule has 0 aliphatic heterocycles. The highest BCUT2D eigenvalue weighted by Gasteiger charge is 2.13. The number of nitrogens with one attached hydrogen (secondary N) is 1. The third kappa shape index (κ3) is 4.68. The zero-order valence-electron chi connectivity index (χ0n) is 17.7.